The second-order valence-electron chi connectivity index (χ2n) is 10.8. The van der Waals surface area contributed by atoms with Crippen molar-refractivity contribution in [3.63, 3.8) is 0 Å². The van der Waals surface area contributed by atoms with E-state index in [1.165, 1.54) is 25.7 Å². The SMILES string of the molecule is CNCC(NC(=O)N1CCCC(C(O)(CCCNC(=O)OC)c2cccc(F)c2Cl)C1)C(O)C1CCCCC1. The fourth-order valence-corrected chi connectivity index (χ4v) is 6.39. The largest absolute Gasteiger partial charge is 0.453 e. The van der Waals surface area contributed by atoms with Gasteiger partial charge in [-0.2, -0.15) is 0 Å². The van der Waals surface area contributed by atoms with Gasteiger partial charge in [0.1, 0.15) is 5.82 Å². The predicted molar refractivity (Wildman–Crippen MR) is 148 cm³/mol. The molecule has 0 bridgehead atoms. The van der Waals surface area contributed by atoms with Crippen LogP contribution in [-0.2, 0) is 10.3 Å². The van der Waals surface area contributed by atoms with Crippen LogP contribution in [0.5, 0.6) is 0 Å². The maximum absolute atomic E-state index is 14.4. The summed E-state index contributed by atoms with van der Waals surface area (Å²) in [6.45, 7) is 1.44. The average Bonchev–Trinajstić information content (AvgIpc) is 2.96. The number of urea groups is 1. The zero-order chi connectivity index (χ0) is 28.4. The topological polar surface area (TPSA) is 123 Å². The molecule has 5 N–H and O–H groups in total. The molecule has 1 saturated carbocycles. The van der Waals surface area contributed by atoms with Crippen molar-refractivity contribution in [1.29, 1.82) is 0 Å². The number of benzene rings is 1. The number of methoxy groups -OCH3 is 1. The van der Waals surface area contributed by atoms with Gasteiger partial charge >= 0.3 is 12.1 Å². The molecule has 0 spiro atoms. The highest BCUT2D eigenvalue weighted by Gasteiger charge is 2.43. The molecule has 1 aromatic carbocycles. The van der Waals surface area contributed by atoms with Gasteiger partial charge in [0.25, 0.3) is 0 Å². The first-order chi connectivity index (χ1) is 18.7. The molecule has 1 heterocycles. The van der Waals surface area contributed by atoms with Crippen LogP contribution in [0.2, 0.25) is 5.02 Å². The number of amides is 3. The number of hydrogen-bond donors (Lipinski definition) is 5. The summed E-state index contributed by atoms with van der Waals surface area (Å²) in [5.74, 6) is -0.886. The summed E-state index contributed by atoms with van der Waals surface area (Å²) in [6.07, 6.45) is 5.89. The second kappa shape index (κ2) is 15.0. The van der Waals surface area contributed by atoms with E-state index < -0.39 is 35.6 Å². The number of carbonyl (C=O) groups is 2. The molecule has 1 aliphatic heterocycles. The molecule has 2 aliphatic rings. The Morgan fingerprint density at radius 2 is 1.97 bits per heavy atom. The van der Waals surface area contributed by atoms with Crippen molar-refractivity contribution in [3.05, 3.63) is 34.6 Å². The van der Waals surface area contributed by atoms with Crippen LogP contribution in [0.1, 0.15) is 63.4 Å². The Bertz CT molecular complexity index is 951. The predicted octanol–water partition coefficient (Wildman–Crippen LogP) is 3.75. The number of piperidine rings is 1. The first-order valence-corrected chi connectivity index (χ1v) is 14.5. The maximum atomic E-state index is 14.4. The Kier molecular flexibility index (Phi) is 12.1. The molecule has 220 valence electrons. The maximum Gasteiger partial charge on any atom is 0.406 e. The standard InChI is InChI=1S/C28H44ClFN4O5/c1-31-17-23(25(35)19-9-4-3-5-10-19)33-26(36)34-16-7-11-20(18-34)28(38,14-8-15-32-27(37)39-2)21-12-6-13-22(30)24(21)29/h6,12-13,19-20,23,25,31,35,38H,3-5,7-11,14-18H2,1-2H3,(H,32,37)(H,33,36). The van der Waals surface area contributed by atoms with Crippen molar-refractivity contribution in [3.8, 4) is 0 Å². The van der Waals surface area contributed by atoms with Crippen LogP contribution in [-0.4, -0.2) is 79.7 Å². The normalized spacial score (nSPS) is 21.5. The lowest BCUT2D eigenvalue weighted by molar-refractivity contribution is -0.0556. The summed E-state index contributed by atoms with van der Waals surface area (Å²) in [4.78, 5) is 26.5. The van der Waals surface area contributed by atoms with E-state index in [0.717, 1.165) is 25.7 Å². The van der Waals surface area contributed by atoms with E-state index in [1.54, 1.807) is 18.0 Å². The minimum atomic E-state index is -1.53. The molecule has 0 aromatic heterocycles. The zero-order valence-corrected chi connectivity index (χ0v) is 23.8. The average molecular weight is 571 g/mol. The quantitative estimate of drug-likeness (QED) is 0.258. The van der Waals surface area contributed by atoms with Gasteiger partial charge < -0.3 is 35.8 Å². The van der Waals surface area contributed by atoms with E-state index in [0.29, 0.717) is 32.4 Å². The molecule has 3 rings (SSSR count). The number of alkyl carbamates (subject to hydrolysis) is 1. The summed E-state index contributed by atoms with van der Waals surface area (Å²) in [6, 6.07) is 3.63. The summed E-state index contributed by atoms with van der Waals surface area (Å²) < 4.78 is 19.1. The smallest absolute Gasteiger partial charge is 0.406 e. The van der Waals surface area contributed by atoms with Gasteiger partial charge in [0.15, 0.2) is 0 Å². The van der Waals surface area contributed by atoms with Gasteiger partial charge in [-0.1, -0.05) is 43.0 Å². The molecule has 1 aliphatic carbocycles. The Balaban J connectivity index is 1.75. The molecule has 9 nitrogen and oxygen atoms in total. The third-order valence-electron chi connectivity index (χ3n) is 8.27. The monoisotopic (exact) mass is 570 g/mol. The molecule has 1 aromatic rings. The van der Waals surface area contributed by atoms with E-state index in [9.17, 15) is 24.2 Å². The van der Waals surface area contributed by atoms with E-state index in [1.807, 2.05) is 0 Å². The van der Waals surface area contributed by atoms with Gasteiger partial charge in [0.2, 0.25) is 0 Å². The summed E-state index contributed by atoms with van der Waals surface area (Å²) >= 11 is 6.34. The molecular formula is C28H44ClFN4O5. The number of nitrogens with zero attached hydrogens (tertiary/aromatic N) is 1. The van der Waals surface area contributed by atoms with Crippen LogP contribution >= 0.6 is 11.6 Å². The molecule has 3 amide bonds. The Hall–Kier alpha value is -2.14. The number of aliphatic hydroxyl groups excluding tert-OH is 1. The van der Waals surface area contributed by atoms with Crippen molar-refractivity contribution in [2.24, 2.45) is 11.8 Å². The molecule has 11 heteroatoms. The van der Waals surface area contributed by atoms with Gasteiger partial charge in [0, 0.05) is 37.7 Å². The molecule has 1 saturated heterocycles. The van der Waals surface area contributed by atoms with Crippen LogP contribution in [0.25, 0.3) is 0 Å². The molecule has 4 atom stereocenters. The first-order valence-electron chi connectivity index (χ1n) is 14.1. The third-order valence-corrected chi connectivity index (χ3v) is 8.65. The van der Waals surface area contributed by atoms with Crippen LogP contribution < -0.4 is 16.0 Å². The Morgan fingerprint density at radius 1 is 1.23 bits per heavy atom. The lowest BCUT2D eigenvalue weighted by Crippen LogP contribution is -2.57. The lowest BCUT2D eigenvalue weighted by atomic mass is 9.74. The number of nitrogens with one attached hydrogen (secondary N) is 3. The number of likely N-dealkylation sites (N-methyl/N-ethyl adjacent to an activating group) is 1. The van der Waals surface area contributed by atoms with Crippen molar-refractivity contribution < 1.29 is 28.9 Å². The van der Waals surface area contributed by atoms with Crippen LogP contribution in [0, 0.1) is 17.7 Å². The fraction of sp³-hybridized carbons (Fsp3) is 0.714. The van der Waals surface area contributed by atoms with Crippen molar-refractivity contribution >= 4 is 23.7 Å². The number of likely N-dealkylation sites (tertiary alicyclic amines) is 1. The van der Waals surface area contributed by atoms with Crippen LogP contribution in [0.3, 0.4) is 0 Å². The van der Waals surface area contributed by atoms with Gasteiger partial charge in [-0.05, 0) is 57.6 Å². The van der Waals surface area contributed by atoms with Crippen molar-refractivity contribution in [2.45, 2.75) is 75.5 Å². The Morgan fingerprint density at radius 3 is 2.67 bits per heavy atom. The number of rotatable bonds is 11. The molecule has 4 unspecified atom stereocenters. The minimum Gasteiger partial charge on any atom is -0.453 e. The van der Waals surface area contributed by atoms with Gasteiger partial charge in [-0.15, -0.1) is 0 Å². The number of ether oxygens (including phenoxy) is 1. The summed E-state index contributed by atoms with van der Waals surface area (Å²) in [5.41, 5.74) is -1.25. The van der Waals surface area contributed by atoms with Crippen molar-refractivity contribution in [1.82, 2.24) is 20.9 Å². The third kappa shape index (κ3) is 8.19. The van der Waals surface area contributed by atoms with E-state index in [-0.39, 0.29) is 42.0 Å². The highest BCUT2D eigenvalue weighted by Crippen LogP contribution is 2.42. The van der Waals surface area contributed by atoms with Gasteiger partial charge in [0.05, 0.1) is 29.9 Å². The van der Waals surface area contributed by atoms with Gasteiger partial charge in [-0.3, -0.25) is 0 Å². The number of halogens is 2. The fourth-order valence-electron chi connectivity index (χ4n) is 6.10. The number of aliphatic hydroxyl groups is 2. The van der Waals surface area contributed by atoms with Gasteiger partial charge in [-0.25, -0.2) is 14.0 Å². The number of carbonyl (C=O) groups excluding carboxylic acids is 2. The van der Waals surface area contributed by atoms with Crippen LogP contribution in [0.15, 0.2) is 18.2 Å². The van der Waals surface area contributed by atoms with E-state index in [4.69, 9.17) is 11.6 Å². The minimum absolute atomic E-state index is 0.146. The molecule has 39 heavy (non-hydrogen) atoms. The first kappa shape index (κ1) is 31.4. The van der Waals surface area contributed by atoms with E-state index >= 15 is 0 Å². The molecular weight excluding hydrogens is 527 g/mol. The zero-order valence-electron chi connectivity index (χ0n) is 23.1. The second-order valence-corrected chi connectivity index (χ2v) is 11.2. The van der Waals surface area contributed by atoms with Crippen LogP contribution in [0.4, 0.5) is 14.0 Å². The molecule has 2 fully saturated rings. The highest BCUT2D eigenvalue weighted by molar-refractivity contribution is 6.31. The Labute approximate surface area is 235 Å². The molecule has 0 radical (unpaired) electrons. The van der Waals surface area contributed by atoms with E-state index in [2.05, 4.69) is 20.7 Å². The summed E-state index contributed by atoms with van der Waals surface area (Å²) in [7, 11) is 3.07. The summed E-state index contributed by atoms with van der Waals surface area (Å²) in [5, 5.41) is 31.7. The number of hydrogen-bond acceptors (Lipinski definition) is 6. The highest BCUT2D eigenvalue weighted by atomic mass is 35.5. The lowest BCUT2D eigenvalue weighted by Gasteiger charge is -2.43. The van der Waals surface area contributed by atoms with Crippen molar-refractivity contribution in [2.75, 3.05) is 40.3 Å².